The van der Waals surface area contributed by atoms with Crippen LogP contribution in [0.25, 0.3) is 0 Å². The highest BCUT2D eigenvalue weighted by Crippen LogP contribution is 2.25. The second-order valence-corrected chi connectivity index (χ2v) is 4.33. The Morgan fingerprint density at radius 3 is 2.00 bits per heavy atom. The van der Waals surface area contributed by atoms with Gasteiger partial charge in [0.1, 0.15) is 5.69 Å². The summed E-state index contributed by atoms with van der Waals surface area (Å²) in [7, 11) is 0. The van der Waals surface area contributed by atoms with Crippen LogP contribution in [0.3, 0.4) is 0 Å². The van der Waals surface area contributed by atoms with Gasteiger partial charge in [-0.05, 0) is 20.8 Å². The van der Waals surface area contributed by atoms with Crippen molar-refractivity contribution in [3.8, 4) is 0 Å². The van der Waals surface area contributed by atoms with Crippen LogP contribution < -0.4 is 11.2 Å². The molecular weight excluding hydrogens is 225 g/mol. The lowest BCUT2D eigenvalue weighted by Gasteiger charge is -2.21. The van der Waals surface area contributed by atoms with Crippen LogP contribution in [0.1, 0.15) is 26.5 Å². The van der Waals surface area contributed by atoms with E-state index >= 15 is 0 Å². The minimum atomic E-state index is -4.73. The molecule has 0 atom stereocenters. The SMILES string of the molecule is CC(C)(C)n1c(=O)cc(C(F)(F)F)[nH]c1=O. The van der Waals surface area contributed by atoms with Crippen LogP contribution in [0.15, 0.2) is 15.7 Å². The Morgan fingerprint density at radius 1 is 1.19 bits per heavy atom. The second kappa shape index (κ2) is 3.50. The third-order valence-electron chi connectivity index (χ3n) is 1.91. The second-order valence-electron chi connectivity index (χ2n) is 4.33. The van der Waals surface area contributed by atoms with E-state index in [0.717, 1.165) is 4.57 Å². The van der Waals surface area contributed by atoms with Gasteiger partial charge in [0, 0.05) is 11.6 Å². The monoisotopic (exact) mass is 236 g/mol. The average molecular weight is 236 g/mol. The van der Waals surface area contributed by atoms with Crippen molar-refractivity contribution < 1.29 is 13.2 Å². The van der Waals surface area contributed by atoms with Crippen LogP contribution in [-0.4, -0.2) is 9.55 Å². The van der Waals surface area contributed by atoms with Gasteiger partial charge in [0.05, 0.1) is 0 Å². The zero-order valence-electron chi connectivity index (χ0n) is 8.97. The van der Waals surface area contributed by atoms with Gasteiger partial charge in [-0.1, -0.05) is 0 Å². The molecule has 0 amide bonds. The summed E-state index contributed by atoms with van der Waals surface area (Å²) in [6, 6.07) is 0.382. The smallest absolute Gasteiger partial charge is 0.303 e. The Balaban J connectivity index is 3.54. The molecule has 1 aromatic rings. The van der Waals surface area contributed by atoms with Gasteiger partial charge in [-0.15, -0.1) is 0 Å². The molecule has 0 saturated heterocycles. The van der Waals surface area contributed by atoms with E-state index < -0.39 is 28.7 Å². The first-order valence-electron chi connectivity index (χ1n) is 4.47. The predicted molar refractivity (Wildman–Crippen MR) is 51.3 cm³/mol. The molecule has 0 aromatic carbocycles. The van der Waals surface area contributed by atoms with Gasteiger partial charge in [-0.25, -0.2) is 4.79 Å². The van der Waals surface area contributed by atoms with Crippen LogP contribution >= 0.6 is 0 Å². The Kier molecular flexibility index (Phi) is 2.74. The molecule has 0 fully saturated rings. The number of halogens is 3. The fourth-order valence-electron chi connectivity index (χ4n) is 1.28. The van der Waals surface area contributed by atoms with Crippen LogP contribution in [0.4, 0.5) is 13.2 Å². The summed E-state index contributed by atoms with van der Waals surface area (Å²) in [5.41, 5.74) is -4.23. The number of rotatable bonds is 0. The van der Waals surface area contributed by atoms with Crippen molar-refractivity contribution in [2.45, 2.75) is 32.5 Å². The number of hydrogen-bond acceptors (Lipinski definition) is 2. The maximum Gasteiger partial charge on any atom is 0.431 e. The number of hydrogen-bond donors (Lipinski definition) is 1. The zero-order valence-corrected chi connectivity index (χ0v) is 8.97. The lowest BCUT2D eigenvalue weighted by molar-refractivity contribution is -0.141. The van der Waals surface area contributed by atoms with E-state index in [1.54, 1.807) is 25.8 Å². The molecule has 0 aliphatic heterocycles. The van der Waals surface area contributed by atoms with Gasteiger partial charge in [0.25, 0.3) is 5.56 Å². The van der Waals surface area contributed by atoms with Gasteiger partial charge in [-0.3, -0.25) is 9.36 Å². The fourth-order valence-corrected chi connectivity index (χ4v) is 1.28. The summed E-state index contributed by atoms with van der Waals surface area (Å²) < 4.78 is 37.5. The van der Waals surface area contributed by atoms with Gasteiger partial charge in [-0.2, -0.15) is 13.2 Å². The molecule has 0 unspecified atom stereocenters. The van der Waals surface area contributed by atoms with Gasteiger partial charge >= 0.3 is 11.9 Å². The molecule has 16 heavy (non-hydrogen) atoms. The van der Waals surface area contributed by atoms with Crippen molar-refractivity contribution in [3.05, 3.63) is 32.6 Å². The minimum absolute atomic E-state index is 0.382. The molecule has 0 bridgehead atoms. The number of nitrogens with zero attached hydrogens (tertiary/aromatic N) is 1. The zero-order chi connectivity index (χ0) is 12.7. The van der Waals surface area contributed by atoms with E-state index in [9.17, 15) is 22.8 Å². The van der Waals surface area contributed by atoms with Crippen LogP contribution in [0, 0.1) is 0 Å². The molecule has 1 heterocycles. The predicted octanol–water partition coefficient (Wildman–Crippen LogP) is 1.31. The van der Waals surface area contributed by atoms with Crippen molar-refractivity contribution in [1.29, 1.82) is 0 Å². The Hall–Kier alpha value is -1.53. The van der Waals surface area contributed by atoms with Crippen LogP contribution in [-0.2, 0) is 11.7 Å². The first-order chi connectivity index (χ1) is 7.03. The lowest BCUT2D eigenvalue weighted by Crippen LogP contribution is -2.45. The van der Waals surface area contributed by atoms with Crippen molar-refractivity contribution >= 4 is 0 Å². The summed E-state index contributed by atoms with van der Waals surface area (Å²) in [5, 5.41) is 0. The molecule has 1 rings (SSSR count). The number of aromatic amines is 1. The van der Waals surface area contributed by atoms with E-state index in [0.29, 0.717) is 6.07 Å². The fraction of sp³-hybridized carbons (Fsp3) is 0.556. The molecule has 0 aliphatic carbocycles. The third kappa shape index (κ3) is 2.34. The highest BCUT2D eigenvalue weighted by atomic mass is 19.4. The number of alkyl halides is 3. The lowest BCUT2D eigenvalue weighted by atomic mass is 10.1. The molecule has 1 N–H and O–H groups in total. The van der Waals surface area contributed by atoms with Gasteiger partial charge < -0.3 is 4.98 Å². The van der Waals surface area contributed by atoms with E-state index in [1.807, 2.05) is 0 Å². The molecule has 0 saturated carbocycles. The summed E-state index contributed by atoms with van der Waals surface area (Å²) in [5.74, 6) is 0. The molecule has 4 nitrogen and oxygen atoms in total. The normalized spacial score (nSPS) is 12.9. The Morgan fingerprint density at radius 2 is 1.69 bits per heavy atom. The number of H-pyrrole nitrogens is 1. The van der Waals surface area contributed by atoms with E-state index in [1.165, 1.54) is 0 Å². The van der Waals surface area contributed by atoms with Gasteiger partial charge in [0.15, 0.2) is 0 Å². The Labute approximate surface area is 88.7 Å². The van der Waals surface area contributed by atoms with Crippen LogP contribution in [0.2, 0.25) is 0 Å². The maximum atomic E-state index is 12.3. The standard InChI is InChI=1S/C9H11F3N2O2/c1-8(2,3)14-6(15)4-5(9(10,11)12)13-7(14)16/h4H,1-3H3,(H,13,16). The van der Waals surface area contributed by atoms with Crippen molar-refractivity contribution in [2.24, 2.45) is 0 Å². The van der Waals surface area contributed by atoms with Crippen molar-refractivity contribution in [3.63, 3.8) is 0 Å². The molecule has 90 valence electrons. The molecule has 7 heteroatoms. The quantitative estimate of drug-likeness (QED) is 0.738. The van der Waals surface area contributed by atoms with Crippen molar-refractivity contribution in [2.75, 3.05) is 0 Å². The number of nitrogens with one attached hydrogen (secondary N) is 1. The summed E-state index contributed by atoms with van der Waals surface area (Å²) >= 11 is 0. The molecule has 0 aliphatic rings. The van der Waals surface area contributed by atoms with Crippen molar-refractivity contribution in [1.82, 2.24) is 9.55 Å². The minimum Gasteiger partial charge on any atom is -0.303 e. The molecule has 1 aromatic heterocycles. The maximum absolute atomic E-state index is 12.3. The first kappa shape index (κ1) is 12.5. The largest absolute Gasteiger partial charge is 0.431 e. The summed E-state index contributed by atoms with van der Waals surface area (Å²) in [6.45, 7) is 4.66. The molecule has 0 radical (unpaired) electrons. The van der Waals surface area contributed by atoms with E-state index in [2.05, 4.69) is 0 Å². The topological polar surface area (TPSA) is 54.9 Å². The summed E-state index contributed by atoms with van der Waals surface area (Å²) in [4.78, 5) is 24.4. The van der Waals surface area contributed by atoms with E-state index in [-0.39, 0.29) is 0 Å². The highest BCUT2D eigenvalue weighted by Gasteiger charge is 2.33. The van der Waals surface area contributed by atoms with Crippen LogP contribution in [0.5, 0.6) is 0 Å². The third-order valence-corrected chi connectivity index (χ3v) is 1.91. The van der Waals surface area contributed by atoms with Gasteiger partial charge in [0.2, 0.25) is 0 Å². The average Bonchev–Trinajstić information content (AvgIpc) is 1.97. The Bertz CT molecular complexity index is 474. The molecular formula is C9H11F3N2O2. The first-order valence-corrected chi connectivity index (χ1v) is 4.47. The summed E-state index contributed by atoms with van der Waals surface area (Å²) in [6.07, 6.45) is -4.73. The van der Waals surface area contributed by atoms with E-state index in [4.69, 9.17) is 0 Å². The highest BCUT2D eigenvalue weighted by molar-refractivity contribution is 5.05. The number of aromatic nitrogens is 2. The molecule has 0 spiro atoms.